The summed E-state index contributed by atoms with van der Waals surface area (Å²) in [5, 5.41) is 0. The molecule has 0 atom stereocenters. The fourth-order valence-corrected chi connectivity index (χ4v) is 6.02. The second-order valence-electron chi connectivity index (χ2n) is 10.3. The summed E-state index contributed by atoms with van der Waals surface area (Å²) in [6.45, 7) is 4.52. The van der Waals surface area contributed by atoms with Crippen molar-refractivity contribution in [3.8, 4) is 5.75 Å². The SMILES string of the molecule is CCC[C@H]1CC[C@H](c2ccc(OC(=O)c3ccc([C@H]4CC[C@H](CC)CC4)cc3F)cc2)CC1. The number of carbonyl (C=O) groups excluding carboxylic acids is 1. The first-order valence-corrected chi connectivity index (χ1v) is 13.2. The Balaban J connectivity index is 1.33. The first kappa shape index (κ1) is 24.0. The van der Waals surface area contributed by atoms with Gasteiger partial charge in [0.2, 0.25) is 0 Å². The number of benzene rings is 2. The Kier molecular flexibility index (Phi) is 8.22. The lowest BCUT2D eigenvalue weighted by atomic mass is 9.77. The van der Waals surface area contributed by atoms with Gasteiger partial charge in [0.15, 0.2) is 0 Å². The first-order valence-electron chi connectivity index (χ1n) is 13.2. The summed E-state index contributed by atoms with van der Waals surface area (Å²) in [7, 11) is 0. The van der Waals surface area contributed by atoms with Gasteiger partial charge in [0.05, 0.1) is 5.56 Å². The van der Waals surface area contributed by atoms with Crippen molar-refractivity contribution in [3.05, 3.63) is 65.0 Å². The molecule has 0 heterocycles. The average molecular weight is 451 g/mol. The maximum Gasteiger partial charge on any atom is 0.346 e. The van der Waals surface area contributed by atoms with E-state index in [0.29, 0.717) is 17.6 Å². The number of hydrogen-bond donors (Lipinski definition) is 0. The third-order valence-corrected chi connectivity index (χ3v) is 8.21. The van der Waals surface area contributed by atoms with E-state index < -0.39 is 11.8 Å². The molecule has 2 aromatic carbocycles. The van der Waals surface area contributed by atoms with Gasteiger partial charge in [-0.3, -0.25) is 0 Å². The molecule has 0 amide bonds. The van der Waals surface area contributed by atoms with Crippen molar-refractivity contribution in [2.24, 2.45) is 11.8 Å². The van der Waals surface area contributed by atoms with Gasteiger partial charge >= 0.3 is 5.97 Å². The van der Waals surface area contributed by atoms with Gasteiger partial charge in [-0.1, -0.05) is 51.3 Å². The van der Waals surface area contributed by atoms with Crippen LogP contribution in [0.25, 0.3) is 0 Å². The van der Waals surface area contributed by atoms with Gasteiger partial charge in [0, 0.05) is 0 Å². The molecular weight excluding hydrogens is 411 g/mol. The second kappa shape index (κ2) is 11.3. The highest BCUT2D eigenvalue weighted by Gasteiger charge is 2.24. The molecule has 0 unspecified atom stereocenters. The molecule has 2 fully saturated rings. The van der Waals surface area contributed by atoms with E-state index in [1.165, 1.54) is 63.4 Å². The number of ether oxygens (including phenoxy) is 1. The Labute approximate surface area is 198 Å². The molecule has 2 nitrogen and oxygen atoms in total. The van der Waals surface area contributed by atoms with Gasteiger partial charge in [-0.25, -0.2) is 9.18 Å². The Morgan fingerprint density at radius 3 is 1.97 bits per heavy atom. The topological polar surface area (TPSA) is 26.3 Å². The molecule has 0 aliphatic heterocycles. The molecule has 0 spiro atoms. The molecule has 4 rings (SSSR count). The maximum atomic E-state index is 14.8. The highest BCUT2D eigenvalue weighted by atomic mass is 19.1. The van der Waals surface area contributed by atoms with Crippen molar-refractivity contribution in [1.29, 1.82) is 0 Å². The zero-order valence-electron chi connectivity index (χ0n) is 20.3. The largest absolute Gasteiger partial charge is 0.423 e. The molecule has 0 radical (unpaired) electrons. The Morgan fingerprint density at radius 2 is 1.39 bits per heavy atom. The summed E-state index contributed by atoms with van der Waals surface area (Å²) in [6, 6.07) is 12.9. The molecule has 0 bridgehead atoms. The van der Waals surface area contributed by atoms with Crippen LogP contribution in [-0.2, 0) is 0 Å². The van der Waals surface area contributed by atoms with Crippen LogP contribution in [0.4, 0.5) is 4.39 Å². The van der Waals surface area contributed by atoms with Crippen LogP contribution in [0.2, 0.25) is 0 Å². The average Bonchev–Trinajstić information content (AvgIpc) is 2.85. The van der Waals surface area contributed by atoms with E-state index in [-0.39, 0.29) is 5.56 Å². The molecule has 0 N–H and O–H groups in total. The van der Waals surface area contributed by atoms with Gasteiger partial charge in [-0.15, -0.1) is 0 Å². The van der Waals surface area contributed by atoms with Gasteiger partial charge in [-0.2, -0.15) is 0 Å². The zero-order chi connectivity index (χ0) is 23.2. The third kappa shape index (κ3) is 6.05. The van der Waals surface area contributed by atoms with Crippen molar-refractivity contribution in [1.82, 2.24) is 0 Å². The molecule has 2 aromatic rings. The highest BCUT2D eigenvalue weighted by molar-refractivity contribution is 5.91. The predicted octanol–water partition coefficient (Wildman–Crippen LogP) is 8.80. The van der Waals surface area contributed by atoms with E-state index in [9.17, 15) is 9.18 Å². The van der Waals surface area contributed by atoms with Crippen molar-refractivity contribution in [3.63, 3.8) is 0 Å². The molecule has 33 heavy (non-hydrogen) atoms. The minimum Gasteiger partial charge on any atom is -0.423 e. The fraction of sp³-hybridized carbons (Fsp3) is 0.567. The predicted molar refractivity (Wildman–Crippen MR) is 132 cm³/mol. The molecule has 0 aromatic heterocycles. The highest BCUT2D eigenvalue weighted by Crippen LogP contribution is 2.39. The van der Waals surface area contributed by atoms with E-state index in [0.717, 1.165) is 30.2 Å². The van der Waals surface area contributed by atoms with Gasteiger partial charge in [-0.05, 0) is 110 Å². The van der Waals surface area contributed by atoms with Crippen molar-refractivity contribution < 1.29 is 13.9 Å². The number of carbonyl (C=O) groups is 1. The van der Waals surface area contributed by atoms with Crippen molar-refractivity contribution in [2.45, 2.75) is 96.3 Å². The minimum atomic E-state index is -0.624. The number of halogens is 1. The van der Waals surface area contributed by atoms with E-state index in [4.69, 9.17) is 4.74 Å². The van der Waals surface area contributed by atoms with Crippen LogP contribution in [0, 0.1) is 17.7 Å². The molecule has 178 valence electrons. The minimum absolute atomic E-state index is 0.0133. The smallest absolute Gasteiger partial charge is 0.346 e. The summed E-state index contributed by atoms with van der Waals surface area (Å²) in [5.74, 6) is 2.07. The van der Waals surface area contributed by atoms with E-state index in [1.54, 1.807) is 12.1 Å². The van der Waals surface area contributed by atoms with Crippen molar-refractivity contribution >= 4 is 5.97 Å². The van der Waals surface area contributed by atoms with Gasteiger partial charge < -0.3 is 4.74 Å². The Morgan fingerprint density at radius 1 is 0.818 bits per heavy atom. The van der Waals surface area contributed by atoms with E-state index >= 15 is 0 Å². The molecule has 2 saturated carbocycles. The molecule has 2 aliphatic carbocycles. The Hall–Kier alpha value is -2.16. The monoisotopic (exact) mass is 450 g/mol. The normalized spacial score (nSPS) is 25.5. The van der Waals surface area contributed by atoms with Gasteiger partial charge in [0.1, 0.15) is 11.6 Å². The fourth-order valence-electron chi connectivity index (χ4n) is 6.02. The molecular formula is C30H39FO2. The molecule has 0 saturated heterocycles. The van der Waals surface area contributed by atoms with E-state index in [1.807, 2.05) is 18.2 Å². The van der Waals surface area contributed by atoms with Crippen LogP contribution in [0.3, 0.4) is 0 Å². The molecule has 3 heteroatoms. The summed E-state index contributed by atoms with van der Waals surface area (Å²) < 4.78 is 20.3. The first-order chi connectivity index (χ1) is 16.1. The lowest BCUT2D eigenvalue weighted by molar-refractivity contribution is 0.0730. The van der Waals surface area contributed by atoms with Crippen LogP contribution < -0.4 is 4.74 Å². The summed E-state index contributed by atoms with van der Waals surface area (Å²) >= 11 is 0. The lowest BCUT2D eigenvalue weighted by Gasteiger charge is -2.28. The summed E-state index contributed by atoms with van der Waals surface area (Å²) in [6.07, 6.45) is 13.6. The lowest BCUT2D eigenvalue weighted by Crippen LogP contribution is -2.15. The summed E-state index contributed by atoms with van der Waals surface area (Å²) in [4.78, 5) is 12.6. The maximum absolute atomic E-state index is 14.8. The van der Waals surface area contributed by atoms with Crippen LogP contribution in [-0.4, -0.2) is 5.97 Å². The van der Waals surface area contributed by atoms with Crippen LogP contribution in [0.15, 0.2) is 42.5 Å². The van der Waals surface area contributed by atoms with Crippen LogP contribution >= 0.6 is 0 Å². The van der Waals surface area contributed by atoms with Crippen molar-refractivity contribution in [2.75, 3.05) is 0 Å². The van der Waals surface area contributed by atoms with Crippen LogP contribution in [0.5, 0.6) is 5.75 Å². The number of rotatable bonds is 7. The van der Waals surface area contributed by atoms with Gasteiger partial charge in [0.25, 0.3) is 0 Å². The second-order valence-corrected chi connectivity index (χ2v) is 10.3. The third-order valence-electron chi connectivity index (χ3n) is 8.21. The number of hydrogen-bond acceptors (Lipinski definition) is 2. The zero-order valence-corrected chi connectivity index (χ0v) is 20.3. The molecule has 2 aliphatic rings. The van der Waals surface area contributed by atoms with E-state index in [2.05, 4.69) is 26.0 Å². The number of esters is 1. The summed E-state index contributed by atoms with van der Waals surface area (Å²) in [5.41, 5.74) is 2.34. The standard InChI is InChI=1S/C30H39FO2/c1-3-5-22-8-12-23(13-9-22)24-14-17-27(18-15-24)33-30(32)28-19-16-26(20-29(28)31)25-10-6-21(4-2)7-11-25/h14-23,25H,3-13H2,1-2H3/t21-,22-,23-,25-. The Bertz CT molecular complexity index is 903. The quantitative estimate of drug-likeness (QED) is 0.311. The van der Waals surface area contributed by atoms with Crippen LogP contribution in [0.1, 0.15) is 118 Å².